The predicted molar refractivity (Wildman–Crippen MR) is 205 cm³/mol. The third-order valence-electron chi connectivity index (χ3n) is 9.10. The monoisotopic (exact) mass is 638 g/mol. The van der Waals surface area contributed by atoms with Crippen LogP contribution in [0.4, 0.5) is 0 Å². The van der Waals surface area contributed by atoms with Crippen LogP contribution in [0.15, 0.2) is 182 Å². The van der Waals surface area contributed by atoms with E-state index in [0.29, 0.717) is 17.5 Å². The van der Waals surface area contributed by atoms with E-state index in [1.165, 1.54) is 16.5 Å². The molecule has 0 fully saturated rings. The van der Waals surface area contributed by atoms with Crippen LogP contribution in [0.2, 0.25) is 0 Å². The predicted octanol–water partition coefficient (Wildman–Crippen LogP) is 11.6. The molecule has 50 heavy (non-hydrogen) atoms. The summed E-state index contributed by atoms with van der Waals surface area (Å²) in [5, 5.41) is 3.46. The summed E-state index contributed by atoms with van der Waals surface area (Å²) >= 11 is 0. The molecule has 0 saturated carbocycles. The maximum Gasteiger partial charge on any atom is 0.164 e. The summed E-state index contributed by atoms with van der Waals surface area (Å²) in [5.74, 6) is 1.91. The third-order valence-corrected chi connectivity index (χ3v) is 9.10. The molecule has 0 aliphatic carbocycles. The van der Waals surface area contributed by atoms with Gasteiger partial charge in [-0.05, 0) is 34.4 Å². The van der Waals surface area contributed by atoms with Crippen LogP contribution in [-0.4, -0.2) is 19.9 Å². The van der Waals surface area contributed by atoms with Crippen LogP contribution in [0.3, 0.4) is 0 Å². The molecule has 0 aliphatic heterocycles. The zero-order valence-electron chi connectivity index (χ0n) is 27.1. The van der Waals surface area contributed by atoms with Crippen molar-refractivity contribution in [3.05, 3.63) is 182 Å². The number of pyridine rings is 1. The number of hydrogen-bond donors (Lipinski definition) is 0. The van der Waals surface area contributed by atoms with E-state index < -0.39 is 0 Å². The molecule has 0 aliphatic rings. The van der Waals surface area contributed by atoms with Gasteiger partial charge in [-0.2, -0.15) is 0 Å². The molecule has 0 saturated heterocycles. The average Bonchev–Trinajstić information content (AvgIpc) is 3.21. The molecule has 0 atom stereocenters. The topological polar surface area (TPSA) is 51.6 Å². The molecule has 0 radical (unpaired) electrons. The molecule has 0 N–H and O–H groups in total. The first-order valence-electron chi connectivity index (χ1n) is 16.7. The Kier molecular flexibility index (Phi) is 7.45. The molecule has 234 valence electrons. The molecule has 0 unspecified atom stereocenters. The Morgan fingerprint density at radius 3 is 1.38 bits per heavy atom. The Morgan fingerprint density at radius 2 is 0.760 bits per heavy atom. The van der Waals surface area contributed by atoms with Gasteiger partial charge < -0.3 is 0 Å². The minimum absolute atomic E-state index is 0.628. The van der Waals surface area contributed by atoms with E-state index in [9.17, 15) is 0 Å². The smallest absolute Gasteiger partial charge is 0.164 e. The minimum atomic E-state index is 0.628. The molecule has 2 aromatic heterocycles. The van der Waals surface area contributed by atoms with Gasteiger partial charge in [-0.25, -0.2) is 19.9 Å². The molecular formula is C46H30N4. The first kappa shape index (κ1) is 29.4. The van der Waals surface area contributed by atoms with Crippen LogP contribution in [0.5, 0.6) is 0 Å². The van der Waals surface area contributed by atoms with Crippen molar-refractivity contribution >= 4 is 21.7 Å². The maximum atomic E-state index is 5.33. The lowest BCUT2D eigenvalue weighted by Crippen LogP contribution is -2.00. The van der Waals surface area contributed by atoms with Crippen molar-refractivity contribution in [2.75, 3.05) is 0 Å². The zero-order chi connectivity index (χ0) is 33.3. The molecule has 7 aromatic carbocycles. The number of benzene rings is 7. The summed E-state index contributed by atoms with van der Waals surface area (Å²) < 4.78 is 0. The first-order chi connectivity index (χ1) is 24.8. The van der Waals surface area contributed by atoms with E-state index in [4.69, 9.17) is 19.9 Å². The van der Waals surface area contributed by atoms with Gasteiger partial charge in [0, 0.05) is 38.4 Å². The standard InChI is InChI=1S/C46H30N4/c1-5-15-31(16-6-1)38-25-14-26-40-42(38)39-28-27-36(30-41(39)47-43(40)32-17-7-2-8-18-32)35-23-13-24-37(29-35)46-49-44(33-19-9-3-10-20-33)48-45(50-46)34-21-11-4-12-22-34/h1-30H. The van der Waals surface area contributed by atoms with Gasteiger partial charge in [0.25, 0.3) is 0 Å². The summed E-state index contributed by atoms with van der Waals surface area (Å²) in [5.41, 5.74) is 10.3. The number of hydrogen-bond acceptors (Lipinski definition) is 4. The molecule has 4 heteroatoms. The largest absolute Gasteiger partial charge is 0.247 e. The third kappa shape index (κ3) is 5.49. The highest BCUT2D eigenvalue weighted by Gasteiger charge is 2.16. The fourth-order valence-electron chi connectivity index (χ4n) is 6.69. The molecule has 9 aromatic rings. The van der Waals surface area contributed by atoms with E-state index in [1.54, 1.807) is 0 Å². The lowest BCUT2D eigenvalue weighted by molar-refractivity contribution is 1.07. The summed E-state index contributed by atoms with van der Waals surface area (Å²) in [6, 6.07) is 62.8. The normalized spacial score (nSPS) is 11.2. The minimum Gasteiger partial charge on any atom is -0.247 e. The van der Waals surface area contributed by atoms with Crippen LogP contribution in [0, 0.1) is 0 Å². The molecule has 0 spiro atoms. The molecule has 0 amide bonds. The lowest BCUT2D eigenvalue weighted by Gasteiger charge is -2.15. The first-order valence-corrected chi connectivity index (χ1v) is 16.7. The Balaban J connectivity index is 1.21. The maximum absolute atomic E-state index is 5.33. The number of rotatable bonds is 6. The van der Waals surface area contributed by atoms with Crippen LogP contribution in [0.1, 0.15) is 0 Å². The molecule has 9 rings (SSSR count). The molecule has 4 nitrogen and oxygen atoms in total. The summed E-state index contributed by atoms with van der Waals surface area (Å²) in [4.78, 5) is 20.1. The van der Waals surface area contributed by atoms with Gasteiger partial charge in [-0.3, -0.25) is 0 Å². The number of nitrogens with zero attached hydrogens (tertiary/aromatic N) is 4. The summed E-state index contributed by atoms with van der Waals surface area (Å²) in [6.45, 7) is 0. The van der Waals surface area contributed by atoms with Crippen molar-refractivity contribution in [2.45, 2.75) is 0 Å². The van der Waals surface area contributed by atoms with Gasteiger partial charge in [-0.1, -0.05) is 170 Å². The Bertz CT molecular complexity index is 2560. The van der Waals surface area contributed by atoms with E-state index in [0.717, 1.165) is 55.4 Å². The second kappa shape index (κ2) is 12.7. The van der Waals surface area contributed by atoms with Crippen LogP contribution in [0.25, 0.3) is 89.4 Å². The number of aromatic nitrogens is 4. The second-order valence-electron chi connectivity index (χ2n) is 12.3. The molecular weight excluding hydrogens is 609 g/mol. The van der Waals surface area contributed by atoms with Crippen molar-refractivity contribution in [2.24, 2.45) is 0 Å². The summed E-state index contributed by atoms with van der Waals surface area (Å²) in [6.07, 6.45) is 0. The number of fused-ring (bicyclic) bond motifs is 3. The van der Waals surface area contributed by atoms with Crippen molar-refractivity contribution in [1.29, 1.82) is 0 Å². The van der Waals surface area contributed by atoms with E-state index >= 15 is 0 Å². The quantitative estimate of drug-likeness (QED) is 0.170. The van der Waals surface area contributed by atoms with Gasteiger partial charge in [0.15, 0.2) is 17.5 Å². The van der Waals surface area contributed by atoms with Gasteiger partial charge in [-0.15, -0.1) is 0 Å². The van der Waals surface area contributed by atoms with Crippen LogP contribution >= 0.6 is 0 Å². The van der Waals surface area contributed by atoms with Gasteiger partial charge in [0.05, 0.1) is 11.2 Å². The Labute approximate surface area is 290 Å². The van der Waals surface area contributed by atoms with Gasteiger partial charge >= 0.3 is 0 Å². The zero-order valence-corrected chi connectivity index (χ0v) is 27.1. The second-order valence-corrected chi connectivity index (χ2v) is 12.3. The average molecular weight is 639 g/mol. The Morgan fingerprint density at radius 1 is 0.280 bits per heavy atom. The van der Waals surface area contributed by atoms with E-state index in [-0.39, 0.29) is 0 Å². The Hall–Kier alpha value is -6.78. The van der Waals surface area contributed by atoms with Crippen molar-refractivity contribution < 1.29 is 0 Å². The molecule has 0 bridgehead atoms. The van der Waals surface area contributed by atoms with E-state index in [1.807, 2.05) is 66.7 Å². The SMILES string of the molecule is c1ccc(-c2nc(-c3ccccc3)nc(-c3cccc(-c4ccc5c(c4)nc(-c4ccccc4)c4cccc(-c6ccccc6)c45)c3)n2)cc1. The van der Waals surface area contributed by atoms with Gasteiger partial charge in [0.1, 0.15) is 0 Å². The van der Waals surface area contributed by atoms with Gasteiger partial charge in [0.2, 0.25) is 0 Å². The lowest BCUT2D eigenvalue weighted by atomic mass is 9.92. The summed E-state index contributed by atoms with van der Waals surface area (Å²) in [7, 11) is 0. The van der Waals surface area contributed by atoms with Crippen LogP contribution < -0.4 is 0 Å². The highest BCUT2D eigenvalue weighted by molar-refractivity contribution is 6.17. The van der Waals surface area contributed by atoms with Crippen molar-refractivity contribution in [1.82, 2.24) is 19.9 Å². The highest BCUT2D eigenvalue weighted by Crippen LogP contribution is 2.40. The highest BCUT2D eigenvalue weighted by atomic mass is 15.0. The fourth-order valence-corrected chi connectivity index (χ4v) is 6.69. The fraction of sp³-hybridized carbons (Fsp3) is 0. The van der Waals surface area contributed by atoms with Crippen molar-refractivity contribution in [3.8, 4) is 67.7 Å². The molecule has 2 heterocycles. The van der Waals surface area contributed by atoms with E-state index in [2.05, 4.69) is 115 Å². The van der Waals surface area contributed by atoms with Crippen molar-refractivity contribution in [3.63, 3.8) is 0 Å². The van der Waals surface area contributed by atoms with Crippen LogP contribution in [-0.2, 0) is 0 Å².